The molecule has 0 unspecified atom stereocenters. The van der Waals surface area contributed by atoms with Crippen molar-refractivity contribution in [3.8, 4) is 0 Å². The van der Waals surface area contributed by atoms with Gasteiger partial charge in [0.25, 0.3) is 0 Å². The van der Waals surface area contributed by atoms with Crippen LogP contribution in [0.2, 0.25) is 20.1 Å². The minimum Gasteiger partial charge on any atom is -0.356 e. The highest BCUT2D eigenvalue weighted by Crippen LogP contribution is 2.41. The molecule has 4 aromatic rings. The molecular weight excluding hydrogens is 902 g/mol. The molecule has 0 atom stereocenters. The van der Waals surface area contributed by atoms with Crippen molar-refractivity contribution in [2.24, 2.45) is 0 Å². The van der Waals surface area contributed by atoms with Crippen LogP contribution in [0.15, 0.2) is 49.1 Å². The summed E-state index contributed by atoms with van der Waals surface area (Å²) in [6.45, 7) is -2.77. The molecule has 24 heteroatoms. The zero-order valence-electron chi connectivity index (χ0n) is 30.0. The van der Waals surface area contributed by atoms with E-state index in [0.717, 1.165) is 34.6 Å². The van der Waals surface area contributed by atoms with Gasteiger partial charge >= 0.3 is 24.7 Å². The molecule has 4 aromatic heterocycles. The summed E-state index contributed by atoms with van der Waals surface area (Å²) in [6, 6.07) is 2.47. The molecule has 1 fully saturated rings. The van der Waals surface area contributed by atoms with E-state index in [9.17, 15) is 52.7 Å². The molecule has 59 heavy (non-hydrogen) atoms. The van der Waals surface area contributed by atoms with E-state index in [2.05, 4.69) is 19.9 Å². The molecule has 1 saturated heterocycles. The largest absolute Gasteiger partial charge is 0.420 e. The second-order valence-corrected chi connectivity index (χ2v) is 14.8. The predicted molar refractivity (Wildman–Crippen MR) is 200 cm³/mol. The summed E-state index contributed by atoms with van der Waals surface area (Å²) in [6.07, 6.45) is -16.8. The average molecular weight is 932 g/mol. The second kappa shape index (κ2) is 18.4. The quantitative estimate of drug-likeness (QED) is 0.188. The van der Waals surface area contributed by atoms with Crippen LogP contribution in [0.25, 0.3) is 0 Å². The van der Waals surface area contributed by atoms with Crippen molar-refractivity contribution in [3.05, 3.63) is 91.4 Å². The maximum Gasteiger partial charge on any atom is 0.420 e. The van der Waals surface area contributed by atoms with Gasteiger partial charge in [-0.15, -0.1) is 0 Å². The topological polar surface area (TPSA) is 64.5 Å². The fraction of sp³-hybridized carbons (Fsp3) is 0.429. The Bertz CT molecular complexity index is 1940. The fourth-order valence-electron chi connectivity index (χ4n) is 6.46. The Morgan fingerprint density at radius 1 is 0.339 bits per heavy atom. The molecular formula is C35H30Cl4F12N8. The smallest absolute Gasteiger partial charge is 0.356 e. The Labute approximate surface area is 348 Å². The van der Waals surface area contributed by atoms with Crippen LogP contribution in [-0.4, -0.2) is 72.3 Å². The van der Waals surface area contributed by atoms with Crippen LogP contribution in [0.4, 0.5) is 76.0 Å². The third kappa shape index (κ3) is 11.9. The molecule has 0 amide bonds. The normalized spacial score (nSPS) is 16.3. The lowest BCUT2D eigenvalue weighted by Crippen LogP contribution is -2.40. The molecule has 1 aliphatic heterocycles. The van der Waals surface area contributed by atoms with E-state index in [1.165, 1.54) is 9.80 Å². The molecule has 0 spiro atoms. The van der Waals surface area contributed by atoms with Gasteiger partial charge in [-0.3, -0.25) is 0 Å². The van der Waals surface area contributed by atoms with Gasteiger partial charge in [-0.1, -0.05) is 46.4 Å². The summed E-state index contributed by atoms with van der Waals surface area (Å²) in [5, 5.41) is -1.47. The highest BCUT2D eigenvalue weighted by Gasteiger charge is 2.40. The molecule has 1 aliphatic rings. The molecule has 0 bridgehead atoms. The van der Waals surface area contributed by atoms with Crippen LogP contribution in [-0.2, 0) is 24.7 Å². The van der Waals surface area contributed by atoms with Crippen LogP contribution in [0.1, 0.15) is 41.5 Å². The number of hydrogen-bond acceptors (Lipinski definition) is 8. The number of nitrogens with zero attached hydrogens (tertiary/aromatic N) is 8. The minimum atomic E-state index is -5.03. The van der Waals surface area contributed by atoms with Crippen molar-refractivity contribution in [1.29, 1.82) is 0 Å². The Balaban J connectivity index is 1.64. The lowest BCUT2D eigenvalue weighted by Gasteiger charge is -2.33. The van der Waals surface area contributed by atoms with Crippen molar-refractivity contribution >= 4 is 69.7 Å². The Kier molecular flexibility index (Phi) is 14.4. The number of halogens is 16. The van der Waals surface area contributed by atoms with Crippen molar-refractivity contribution < 1.29 is 52.7 Å². The Hall–Kier alpha value is -3.88. The van der Waals surface area contributed by atoms with E-state index in [4.69, 9.17) is 46.4 Å². The number of hydrogen-bond donors (Lipinski definition) is 0. The zero-order chi connectivity index (χ0) is 43.5. The number of alkyl halides is 12. The number of rotatable bonds is 4. The van der Waals surface area contributed by atoms with Gasteiger partial charge in [0, 0.05) is 77.1 Å². The third-order valence-corrected chi connectivity index (χ3v) is 9.79. The van der Waals surface area contributed by atoms with Crippen LogP contribution in [0.5, 0.6) is 0 Å². The van der Waals surface area contributed by atoms with Gasteiger partial charge in [0.1, 0.15) is 23.3 Å². The first kappa shape index (κ1) is 46.2. The molecule has 0 aliphatic carbocycles. The third-order valence-electron chi connectivity index (χ3n) is 8.96. The summed E-state index contributed by atoms with van der Waals surface area (Å²) in [5.41, 5.74) is -5.09. The molecule has 0 aromatic carbocycles. The van der Waals surface area contributed by atoms with Crippen LogP contribution in [0.3, 0.4) is 0 Å². The average Bonchev–Trinajstić information content (AvgIpc) is 3.13. The van der Waals surface area contributed by atoms with Gasteiger partial charge in [-0.25, -0.2) is 19.9 Å². The maximum absolute atomic E-state index is 14.4. The van der Waals surface area contributed by atoms with Crippen molar-refractivity contribution in [2.45, 2.75) is 44.0 Å². The molecule has 5 heterocycles. The van der Waals surface area contributed by atoms with E-state index in [1.807, 2.05) is 0 Å². The predicted octanol–water partition coefficient (Wildman–Crippen LogP) is 11.5. The van der Waals surface area contributed by atoms with Gasteiger partial charge in [-0.05, 0) is 43.5 Å². The number of aromatic nitrogens is 4. The first-order valence-electron chi connectivity index (χ1n) is 17.3. The standard InChI is InChI=1S/C35H30Cl4F12N8/c36-20-12-24(32(40,41)42)28(52-16-20)56-4-1-5-57(29-25(33(43,44)45)13-21(37)17-53-29)7-3-9-59(31-27(35(49,50)51)15-23(39)19-55-31)11-10-58(8-2-6-56)30-26(34(46,47)48)14-22(38)18-54-30/h12-19H,1-11H2. The Morgan fingerprint density at radius 3 is 0.712 bits per heavy atom. The summed E-state index contributed by atoms with van der Waals surface area (Å²) < 4.78 is 172. The van der Waals surface area contributed by atoms with Gasteiger partial charge in [0.15, 0.2) is 0 Å². The van der Waals surface area contributed by atoms with Crippen molar-refractivity contribution in [2.75, 3.05) is 72.0 Å². The first-order chi connectivity index (χ1) is 27.4. The summed E-state index contributed by atoms with van der Waals surface area (Å²) >= 11 is 23.5. The molecule has 5 rings (SSSR count). The van der Waals surface area contributed by atoms with E-state index in [0.29, 0.717) is 24.3 Å². The van der Waals surface area contributed by atoms with Crippen LogP contribution >= 0.6 is 46.4 Å². The summed E-state index contributed by atoms with van der Waals surface area (Å²) in [5.74, 6) is -2.55. The second-order valence-electron chi connectivity index (χ2n) is 13.1. The zero-order valence-corrected chi connectivity index (χ0v) is 33.0. The first-order valence-corrected chi connectivity index (χ1v) is 18.9. The number of pyridine rings is 4. The SMILES string of the molecule is FC(F)(F)c1cc(Cl)cnc1N1CCCN(c2ncc(Cl)cc2C(F)(F)F)CCCN(c2ncc(Cl)cc2C(F)(F)F)CCN(c2ncc(Cl)cc2C(F)(F)F)CCC1. The molecule has 322 valence electrons. The van der Waals surface area contributed by atoms with E-state index in [-0.39, 0.29) is 78.6 Å². The van der Waals surface area contributed by atoms with E-state index in [1.54, 1.807) is 0 Å². The monoisotopic (exact) mass is 930 g/mol. The number of anilines is 4. The van der Waals surface area contributed by atoms with Gasteiger partial charge in [-0.2, -0.15) is 52.7 Å². The lowest BCUT2D eigenvalue weighted by atomic mass is 10.2. The molecule has 0 saturated carbocycles. The molecule has 0 N–H and O–H groups in total. The summed E-state index contributed by atoms with van der Waals surface area (Å²) in [4.78, 5) is 20.2. The van der Waals surface area contributed by atoms with Crippen molar-refractivity contribution in [1.82, 2.24) is 19.9 Å². The van der Waals surface area contributed by atoms with Crippen LogP contribution in [0, 0.1) is 0 Å². The highest BCUT2D eigenvalue weighted by atomic mass is 35.5. The lowest BCUT2D eigenvalue weighted by molar-refractivity contribution is -0.138. The molecule has 8 nitrogen and oxygen atoms in total. The molecule has 0 radical (unpaired) electrons. The van der Waals surface area contributed by atoms with Gasteiger partial charge in [0.05, 0.1) is 42.3 Å². The highest BCUT2D eigenvalue weighted by molar-refractivity contribution is 6.31. The minimum absolute atomic E-state index is 0.134. The fourth-order valence-corrected chi connectivity index (χ4v) is 7.10. The Morgan fingerprint density at radius 2 is 0.525 bits per heavy atom. The maximum atomic E-state index is 14.4. The van der Waals surface area contributed by atoms with Gasteiger partial charge in [0.2, 0.25) is 0 Å². The van der Waals surface area contributed by atoms with Crippen molar-refractivity contribution in [3.63, 3.8) is 0 Å². The van der Waals surface area contributed by atoms with Gasteiger partial charge < -0.3 is 19.6 Å². The van der Waals surface area contributed by atoms with E-state index >= 15 is 0 Å². The van der Waals surface area contributed by atoms with Crippen LogP contribution < -0.4 is 19.6 Å². The van der Waals surface area contributed by atoms with E-state index < -0.39 is 83.3 Å². The summed E-state index contributed by atoms with van der Waals surface area (Å²) in [7, 11) is 0.